The summed E-state index contributed by atoms with van der Waals surface area (Å²) in [5.74, 6) is -7.31. The first kappa shape index (κ1) is 25.2. The first-order valence-electron chi connectivity index (χ1n) is 9.35. The molecule has 4 atom stereocenters. The molecule has 0 spiro atoms. The van der Waals surface area contributed by atoms with Gasteiger partial charge in [-0.2, -0.15) is 18.4 Å². The lowest BCUT2D eigenvalue weighted by molar-refractivity contribution is -0.274. The minimum Gasteiger partial charge on any atom is -0.468 e. The Morgan fingerprint density at radius 2 is 2.03 bits per heavy atom. The van der Waals surface area contributed by atoms with Crippen molar-refractivity contribution in [2.24, 2.45) is 16.8 Å². The summed E-state index contributed by atoms with van der Waals surface area (Å²) >= 11 is 7.72. The van der Waals surface area contributed by atoms with E-state index < -0.39 is 52.2 Å². The lowest BCUT2D eigenvalue weighted by atomic mass is 9.68. The molecule has 1 N–H and O–H groups in total. The Morgan fingerprint density at radius 3 is 2.58 bits per heavy atom. The third-order valence-corrected chi connectivity index (χ3v) is 7.38. The molecular formula is C21H16ClF3N2O4S2. The quantitative estimate of drug-likeness (QED) is 0.457. The molecule has 12 heteroatoms. The molecule has 0 saturated heterocycles. The van der Waals surface area contributed by atoms with Crippen LogP contribution in [0.5, 0.6) is 0 Å². The lowest BCUT2D eigenvalue weighted by Gasteiger charge is -2.44. The molecule has 0 saturated carbocycles. The maximum absolute atomic E-state index is 14.3. The van der Waals surface area contributed by atoms with Crippen LogP contribution in [0.15, 0.2) is 46.8 Å². The van der Waals surface area contributed by atoms with E-state index in [9.17, 15) is 33.1 Å². The second-order valence-electron chi connectivity index (χ2n) is 7.01. The van der Waals surface area contributed by atoms with Crippen LogP contribution in [0.2, 0.25) is 5.02 Å². The number of carbonyl (C=O) groups is 2. The number of alkyl halides is 3. The van der Waals surface area contributed by atoms with Crippen LogP contribution in [0, 0.1) is 23.2 Å². The summed E-state index contributed by atoms with van der Waals surface area (Å²) in [5.41, 5.74) is -3.78. The van der Waals surface area contributed by atoms with E-state index in [2.05, 4.69) is 9.73 Å². The van der Waals surface area contributed by atoms with Gasteiger partial charge in [-0.25, -0.2) is 4.99 Å². The first-order valence-corrected chi connectivity index (χ1v) is 11.6. The maximum Gasteiger partial charge on any atom is 0.439 e. The zero-order valence-electron chi connectivity index (χ0n) is 16.9. The number of methoxy groups -OCH3 is 1. The molecule has 3 rings (SSSR count). The number of nitriles is 1. The number of aliphatic hydroxyl groups is 1. The van der Waals surface area contributed by atoms with E-state index in [4.69, 9.17) is 11.6 Å². The number of hydrogen-bond donors (Lipinski definition) is 1. The zero-order chi connectivity index (χ0) is 24.4. The van der Waals surface area contributed by atoms with Gasteiger partial charge in [0.2, 0.25) is 0 Å². The maximum atomic E-state index is 14.3. The molecule has 2 heterocycles. The van der Waals surface area contributed by atoms with Gasteiger partial charge in [-0.05, 0) is 23.1 Å². The molecule has 0 bridgehead atoms. The number of esters is 1. The monoisotopic (exact) mass is 516 g/mol. The third kappa shape index (κ3) is 4.80. The second-order valence-corrected chi connectivity index (χ2v) is 9.36. The number of carbonyl (C=O) groups excluding carboxylic acids is 2. The minimum absolute atomic E-state index is 0.0236. The number of ether oxygens (including phenoxy) is 1. The SMILES string of the molecule is COC(=O)CSC1=N[C@@](O)(C(F)(F)F)[C@@H](C(=O)c2cccs2)[C@@H](c2ccccc2Cl)C1C#N. The molecule has 174 valence electrons. The molecule has 33 heavy (non-hydrogen) atoms. The van der Waals surface area contributed by atoms with Crippen molar-refractivity contribution in [2.45, 2.75) is 17.8 Å². The van der Waals surface area contributed by atoms with Crippen molar-refractivity contribution in [1.82, 2.24) is 0 Å². The van der Waals surface area contributed by atoms with Crippen molar-refractivity contribution in [3.8, 4) is 6.07 Å². The number of aliphatic imine (C=N–C) groups is 1. The average Bonchev–Trinajstić information content (AvgIpc) is 3.31. The van der Waals surface area contributed by atoms with Crippen molar-refractivity contribution >= 4 is 51.5 Å². The van der Waals surface area contributed by atoms with Crippen LogP contribution in [0.25, 0.3) is 0 Å². The van der Waals surface area contributed by atoms with E-state index in [0.717, 1.165) is 18.4 Å². The van der Waals surface area contributed by atoms with Crippen molar-refractivity contribution < 1.29 is 32.6 Å². The Hall–Kier alpha value is -2.39. The molecule has 6 nitrogen and oxygen atoms in total. The van der Waals surface area contributed by atoms with Crippen LogP contribution in [0.4, 0.5) is 13.2 Å². The molecule has 1 aliphatic heterocycles. The summed E-state index contributed by atoms with van der Waals surface area (Å²) in [4.78, 5) is 28.4. The van der Waals surface area contributed by atoms with E-state index >= 15 is 0 Å². The summed E-state index contributed by atoms with van der Waals surface area (Å²) < 4.78 is 47.5. The summed E-state index contributed by atoms with van der Waals surface area (Å²) in [5, 5.41) is 22.0. The van der Waals surface area contributed by atoms with E-state index in [0.29, 0.717) is 11.8 Å². The molecule has 0 fully saturated rings. The average molecular weight is 517 g/mol. The molecule has 2 aromatic rings. The fraction of sp³-hybridized carbons (Fsp3) is 0.333. The van der Waals surface area contributed by atoms with Crippen LogP contribution in [-0.4, -0.2) is 46.7 Å². The second kappa shape index (κ2) is 9.85. The van der Waals surface area contributed by atoms with Crippen LogP contribution in [0.3, 0.4) is 0 Å². The summed E-state index contributed by atoms with van der Waals surface area (Å²) in [6.07, 6.45) is -5.37. The topological polar surface area (TPSA) is 99.8 Å². The Balaban J connectivity index is 2.28. The van der Waals surface area contributed by atoms with Crippen LogP contribution in [-0.2, 0) is 9.53 Å². The van der Waals surface area contributed by atoms with Gasteiger partial charge in [0.15, 0.2) is 5.78 Å². The number of Topliss-reactive ketones (excluding diaryl/α,β-unsaturated/α-hetero) is 1. The molecule has 1 aromatic carbocycles. The first-order chi connectivity index (χ1) is 15.5. The fourth-order valence-electron chi connectivity index (χ4n) is 3.62. The highest BCUT2D eigenvalue weighted by Crippen LogP contribution is 2.53. The Labute approximate surface area is 200 Å². The Morgan fingerprint density at radius 1 is 1.33 bits per heavy atom. The van der Waals surface area contributed by atoms with Gasteiger partial charge < -0.3 is 9.84 Å². The van der Waals surface area contributed by atoms with Crippen molar-refractivity contribution in [2.75, 3.05) is 12.9 Å². The lowest BCUT2D eigenvalue weighted by Crippen LogP contribution is -2.59. The number of hydrogen-bond acceptors (Lipinski definition) is 8. The largest absolute Gasteiger partial charge is 0.468 e. The zero-order valence-corrected chi connectivity index (χ0v) is 19.3. The molecule has 1 unspecified atom stereocenters. The smallest absolute Gasteiger partial charge is 0.439 e. The highest BCUT2D eigenvalue weighted by molar-refractivity contribution is 8.14. The van der Waals surface area contributed by atoms with Crippen molar-refractivity contribution in [3.05, 3.63) is 57.2 Å². The predicted octanol–water partition coefficient (Wildman–Crippen LogP) is 4.69. The molecule has 0 radical (unpaired) electrons. The number of halogens is 4. The number of rotatable bonds is 5. The normalized spacial score (nSPS) is 25.1. The van der Waals surface area contributed by atoms with Gasteiger partial charge >= 0.3 is 12.1 Å². The van der Waals surface area contributed by atoms with Gasteiger partial charge in [0.05, 0.1) is 34.8 Å². The highest BCUT2D eigenvalue weighted by Gasteiger charge is 2.67. The van der Waals surface area contributed by atoms with Gasteiger partial charge in [-0.15, -0.1) is 11.3 Å². The van der Waals surface area contributed by atoms with E-state index in [1.165, 1.54) is 35.7 Å². The van der Waals surface area contributed by atoms with Gasteiger partial charge in [-0.3, -0.25) is 9.59 Å². The highest BCUT2D eigenvalue weighted by atomic mass is 35.5. The Kier molecular flexibility index (Phi) is 7.53. The molecular weight excluding hydrogens is 501 g/mol. The van der Waals surface area contributed by atoms with E-state index in [1.807, 2.05) is 6.07 Å². The number of benzene rings is 1. The van der Waals surface area contributed by atoms with Crippen LogP contribution >= 0.6 is 34.7 Å². The van der Waals surface area contributed by atoms with Gasteiger partial charge in [0, 0.05) is 10.9 Å². The number of thiophene rings is 1. The number of ketones is 1. The minimum atomic E-state index is -5.37. The summed E-state index contributed by atoms with van der Waals surface area (Å²) in [6, 6.07) is 10.6. The van der Waals surface area contributed by atoms with E-state index in [-0.39, 0.29) is 15.5 Å². The van der Waals surface area contributed by atoms with E-state index in [1.54, 1.807) is 6.07 Å². The predicted molar refractivity (Wildman–Crippen MR) is 118 cm³/mol. The molecule has 1 aliphatic rings. The van der Waals surface area contributed by atoms with Crippen molar-refractivity contribution in [1.29, 1.82) is 5.26 Å². The number of thioether (sulfide) groups is 1. The van der Waals surface area contributed by atoms with Gasteiger partial charge in [0.25, 0.3) is 5.72 Å². The summed E-state index contributed by atoms with van der Waals surface area (Å²) in [6.45, 7) is 0. The third-order valence-electron chi connectivity index (χ3n) is 5.13. The van der Waals surface area contributed by atoms with Crippen molar-refractivity contribution in [3.63, 3.8) is 0 Å². The standard InChI is InChI=1S/C21H16ClF3N2O4S2/c1-31-15(28)10-33-19-12(9-26)16(11-5-2-3-6-13(11)22)17(18(29)14-7-4-8-32-14)20(30,27-19)21(23,24)25/h2-8,12,16-17,30H,10H2,1H3/t12?,16-,17+,20-/m0/s1. The summed E-state index contributed by atoms with van der Waals surface area (Å²) in [7, 11) is 1.10. The number of nitrogens with zero attached hydrogens (tertiary/aromatic N) is 2. The molecule has 0 aliphatic carbocycles. The van der Waals surface area contributed by atoms with Crippen LogP contribution < -0.4 is 0 Å². The van der Waals surface area contributed by atoms with Gasteiger partial charge in [0.1, 0.15) is 5.92 Å². The molecule has 0 amide bonds. The van der Waals surface area contributed by atoms with Crippen LogP contribution in [0.1, 0.15) is 21.2 Å². The fourth-order valence-corrected chi connectivity index (χ4v) is 5.55. The Bertz CT molecular complexity index is 1120. The molecule has 1 aromatic heterocycles. The van der Waals surface area contributed by atoms with Gasteiger partial charge in [-0.1, -0.05) is 47.6 Å².